The van der Waals surface area contributed by atoms with Crippen molar-refractivity contribution in [3.8, 4) is 17.1 Å². The highest BCUT2D eigenvalue weighted by Gasteiger charge is 2.27. The smallest absolute Gasteiger partial charge is 0.271 e. The van der Waals surface area contributed by atoms with Crippen molar-refractivity contribution >= 4 is 29.1 Å². The second-order valence-corrected chi connectivity index (χ2v) is 8.14. The van der Waals surface area contributed by atoms with Gasteiger partial charge in [0.2, 0.25) is 0 Å². The molecule has 5 nitrogen and oxygen atoms in total. The summed E-state index contributed by atoms with van der Waals surface area (Å²) in [6, 6.07) is 10.8. The lowest BCUT2D eigenvalue weighted by Gasteiger charge is -2.27. The van der Waals surface area contributed by atoms with Crippen LogP contribution >= 0.6 is 23.2 Å². The van der Waals surface area contributed by atoms with Crippen LogP contribution in [0.3, 0.4) is 0 Å². The fraction of sp³-hybridized carbons (Fsp3) is 0.273. The summed E-state index contributed by atoms with van der Waals surface area (Å²) in [5.41, 5.74) is 1.23. The zero-order chi connectivity index (χ0) is 21.3. The molecule has 30 heavy (non-hydrogen) atoms. The number of carbonyl (C=O) groups excluding carboxylic acids is 1. The maximum Gasteiger partial charge on any atom is 0.271 e. The molecule has 0 aliphatic heterocycles. The van der Waals surface area contributed by atoms with Crippen molar-refractivity contribution in [2.45, 2.75) is 37.8 Å². The van der Waals surface area contributed by atoms with Gasteiger partial charge < -0.3 is 10.4 Å². The van der Waals surface area contributed by atoms with Gasteiger partial charge in [-0.25, -0.2) is 9.37 Å². The van der Waals surface area contributed by atoms with Crippen molar-refractivity contribution in [3.05, 3.63) is 70.2 Å². The maximum atomic E-state index is 13.6. The molecule has 3 aromatic rings. The number of nitrogens with one attached hydrogen (secondary N) is 1. The summed E-state index contributed by atoms with van der Waals surface area (Å²) < 4.78 is 15.2. The van der Waals surface area contributed by atoms with Gasteiger partial charge in [-0.3, -0.25) is 9.36 Å². The minimum Gasteiger partial charge on any atom is -0.391 e. The Balaban J connectivity index is 1.76. The van der Waals surface area contributed by atoms with E-state index in [1.807, 2.05) is 6.07 Å². The first-order valence-electron chi connectivity index (χ1n) is 9.72. The van der Waals surface area contributed by atoms with Crippen molar-refractivity contribution in [1.82, 2.24) is 14.9 Å². The van der Waals surface area contributed by atoms with Crippen LogP contribution in [0.5, 0.6) is 0 Å². The lowest BCUT2D eigenvalue weighted by Crippen LogP contribution is -2.45. The largest absolute Gasteiger partial charge is 0.391 e. The van der Waals surface area contributed by atoms with Gasteiger partial charge in [-0.15, -0.1) is 0 Å². The standard InChI is InChI=1S/C22H20Cl2FN3O2/c23-15-6-2-1-5-14(15)21-26-18(22(30)27-17-7-3-4-8-20(17)29)12-28(21)19-10-9-13(25)11-16(19)24/h1-2,5-6,9-12,17,20,29H,3-4,7-8H2,(H,27,30)/t17-,20-/m0/s1. The van der Waals surface area contributed by atoms with Gasteiger partial charge in [-0.1, -0.05) is 48.2 Å². The quantitative estimate of drug-likeness (QED) is 0.589. The first kappa shape index (κ1) is 20.8. The summed E-state index contributed by atoms with van der Waals surface area (Å²) in [6.07, 6.45) is 4.25. The number of benzene rings is 2. The van der Waals surface area contributed by atoms with Crippen molar-refractivity contribution in [1.29, 1.82) is 0 Å². The molecule has 1 aliphatic rings. The molecule has 1 amide bonds. The summed E-state index contributed by atoms with van der Waals surface area (Å²) in [6.45, 7) is 0. The zero-order valence-corrected chi connectivity index (χ0v) is 17.5. The Morgan fingerprint density at radius 1 is 1.13 bits per heavy atom. The highest BCUT2D eigenvalue weighted by molar-refractivity contribution is 6.33. The number of halogens is 3. The second kappa shape index (κ2) is 8.76. The van der Waals surface area contributed by atoms with Gasteiger partial charge in [0, 0.05) is 11.8 Å². The molecule has 1 aromatic heterocycles. The number of hydrogen-bond donors (Lipinski definition) is 2. The van der Waals surface area contributed by atoms with Crippen molar-refractivity contribution in [2.75, 3.05) is 0 Å². The molecule has 0 radical (unpaired) electrons. The third-order valence-electron chi connectivity index (χ3n) is 5.27. The van der Waals surface area contributed by atoms with Crippen molar-refractivity contribution < 1.29 is 14.3 Å². The van der Waals surface area contributed by atoms with E-state index in [0.717, 1.165) is 19.3 Å². The maximum absolute atomic E-state index is 13.6. The third-order valence-corrected chi connectivity index (χ3v) is 5.90. The number of aliphatic hydroxyl groups excluding tert-OH is 1. The van der Waals surface area contributed by atoms with Crippen LogP contribution in [-0.2, 0) is 0 Å². The summed E-state index contributed by atoms with van der Waals surface area (Å²) in [5.74, 6) is -0.456. The normalized spacial score (nSPS) is 18.9. The summed E-state index contributed by atoms with van der Waals surface area (Å²) in [5, 5.41) is 13.7. The SMILES string of the molecule is O=C(N[C@H]1CCCC[C@@H]1O)c1cn(-c2ccc(F)cc2Cl)c(-c2ccccc2Cl)n1. The Morgan fingerprint density at radius 2 is 1.90 bits per heavy atom. The molecule has 0 spiro atoms. The molecule has 1 heterocycles. The van der Waals surface area contributed by atoms with Gasteiger partial charge in [0.1, 0.15) is 17.3 Å². The molecule has 2 N–H and O–H groups in total. The summed E-state index contributed by atoms with van der Waals surface area (Å²) in [7, 11) is 0. The number of imidazole rings is 1. The van der Waals surface area contributed by atoms with E-state index >= 15 is 0 Å². The van der Waals surface area contributed by atoms with E-state index in [-0.39, 0.29) is 16.8 Å². The molecule has 8 heteroatoms. The molecule has 0 bridgehead atoms. The molecular weight excluding hydrogens is 428 g/mol. The monoisotopic (exact) mass is 447 g/mol. The van der Waals surface area contributed by atoms with Crippen LogP contribution in [0.4, 0.5) is 4.39 Å². The predicted molar refractivity (Wildman–Crippen MR) is 115 cm³/mol. The van der Waals surface area contributed by atoms with E-state index in [4.69, 9.17) is 23.2 Å². The van der Waals surface area contributed by atoms with Gasteiger partial charge in [-0.05, 0) is 43.2 Å². The first-order chi connectivity index (χ1) is 14.4. The highest BCUT2D eigenvalue weighted by atomic mass is 35.5. The zero-order valence-electron chi connectivity index (χ0n) is 16.0. The van der Waals surface area contributed by atoms with E-state index in [1.165, 1.54) is 18.2 Å². The second-order valence-electron chi connectivity index (χ2n) is 7.33. The Bertz CT molecular complexity index is 1090. The van der Waals surface area contributed by atoms with Gasteiger partial charge in [-0.2, -0.15) is 0 Å². The van der Waals surface area contributed by atoms with Gasteiger partial charge in [0.15, 0.2) is 0 Å². The number of aromatic nitrogens is 2. The van der Waals surface area contributed by atoms with E-state index in [1.54, 1.807) is 29.0 Å². The van der Waals surface area contributed by atoms with E-state index in [2.05, 4.69) is 10.3 Å². The topological polar surface area (TPSA) is 67.2 Å². The van der Waals surface area contributed by atoms with E-state index in [9.17, 15) is 14.3 Å². The molecule has 2 atom stereocenters. The number of aliphatic hydroxyl groups is 1. The molecule has 0 unspecified atom stereocenters. The Hall–Kier alpha value is -2.41. The fourth-order valence-corrected chi connectivity index (χ4v) is 4.18. The van der Waals surface area contributed by atoms with Gasteiger partial charge >= 0.3 is 0 Å². The van der Waals surface area contributed by atoms with Crippen LogP contribution in [-0.4, -0.2) is 32.7 Å². The minimum atomic E-state index is -0.570. The number of nitrogens with zero attached hydrogens (tertiary/aromatic N) is 2. The van der Waals surface area contributed by atoms with Crippen molar-refractivity contribution in [2.24, 2.45) is 0 Å². The van der Waals surface area contributed by atoms with Crippen LogP contribution in [0, 0.1) is 5.82 Å². The number of rotatable bonds is 4. The lowest BCUT2D eigenvalue weighted by atomic mass is 9.92. The molecule has 1 saturated carbocycles. The van der Waals surface area contributed by atoms with Crippen LogP contribution in [0.25, 0.3) is 17.1 Å². The predicted octanol–water partition coefficient (Wildman–Crippen LogP) is 5.02. The molecule has 1 aliphatic carbocycles. The van der Waals surface area contributed by atoms with Crippen LogP contribution in [0.2, 0.25) is 10.0 Å². The average Bonchev–Trinajstić information content (AvgIpc) is 3.15. The summed E-state index contributed by atoms with van der Waals surface area (Å²) in [4.78, 5) is 17.4. The molecule has 1 fully saturated rings. The number of hydrogen-bond acceptors (Lipinski definition) is 3. The molecule has 4 rings (SSSR count). The van der Waals surface area contributed by atoms with Crippen LogP contribution in [0.15, 0.2) is 48.7 Å². The minimum absolute atomic E-state index is 0.156. The number of carbonyl (C=O) groups is 1. The van der Waals surface area contributed by atoms with Crippen molar-refractivity contribution in [3.63, 3.8) is 0 Å². The van der Waals surface area contributed by atoms with Gasteiger partial charge in [0.25, 0.3) is 5.91 Å². The lowest BCUT2D eigenvalue weighted by molar-refractivity contribution is 0.0714. The first-order valence-corrected chi connectivity index (χ1v) is 10.5. The van der Waals surface area contributed by atoms with Crippen LogP contribution in [0.1, 0.15) is 36.2 Å². The molecule has 2 aromatic carbocycles. The molecule has 0 saturated heterocycles. The summed E-state index contributed by atoms with van der Waals surface area (Å²) >= 11 is 12.6. The fourth-order valence-electron chi connectivity index (χ4n) is 3.70. The average molecular weight is 448 g/mol. The molecule has 156 valence electrons. The Kier molecular flexibility index (Phi) is 6.09. The Morgan fingerprint density at radius 3 is 2.63 bits per heavy atom. The van der Waals surface area contributed by atoms with Gasteiger partial charge in [0.05, 0.1) is 27.9 Å². The number of amides is 1. The third kappa shape index (κ3) is 4.21. The molecular formula is C22H20Cl2FN3O2. The highest BCUT2D eigenvalue weighted by Crippen LogP contribution is 2.32. The van der Waals surface area contributed by atoms with Crippen LogP contribution < -0.4 is 5.32 Å². The Labute approximate surface area is 183 Å². The van der Waals surface area contributed by atoms with E-state index in [0.29, 0.717) is 28.5 Å². The van der Waals surface area contributed by atoms with E-state index < -0.39 is 17.8 Å².